The second-order valence-electron chi connectivity index (χ2n) is 3.36. The standard InChI is InChI=1S/C12H12N2O/c1-8-7-11(15-12(8)9(2)13)10-5-3-4-6-14-10/h3-7H,2,13H2,1H3. The van der Waals surface area contributed by atoms with E-state index in [1.54, 1.807) is 6.20 Å². The van der Waals surface area contributed by atoms with Crippen molar-refractivity contribution in [2.75, 3.05) is 0 Å². The van der Waals surface area contributed by atoms with Gasteiger partial charge < -0.3 is 10.2 Å². The first kappa shape index (κ1) is 9.52. The van der Waals surface area contributed by atoms with Gasteiger partial charge in [0.2, 0.25) is 0 Å². The molecular formula is C12H12N2O. The van der Waals surface area contributed by atoms with E-state index in [4.69, 9.17) is 10.2 Å². The fourth-order valence-electron chi connectivity index (χ4n) is 1.44. The molecule has 76 valence electrons. The maximum Gasteiger partial charge on any atom is 0.153 e. The first-order valence-electron chi connectivity index (χ1n) is 4.65. The maximum atomic E-state index is 5.60. The summed E-state index contributed by atoms with van der Waals surface area (Å²) in [7, 11) is 0. The molecular weight excluding hydrogens is 188 g/mol. The largest absolute Gasteiger partial charge is 0.453 e. The Morgan fingerprint density at radius 3 is 2.80 bits per heavy atom. The fraction of sp³-hybridized carbons (Fsp3) is 0.0833. The number of nitrogens with two attached hydrogens (primary N) is 1. The van der Waals surface area contributed by atoms with Crippen LogP contribution in [0.4, 0.5) is 0 Å². The number of rotatable bonds is 2. The van der Waals surface area contributed by atoms with Gasteiger partial charge in [0, 0.05) is 6.20 Å². The molecule has 0 saturated carbocycles. The van der Waals surface area contributed by atoms with E-state index in [0.717, 1.165) is 17.0 Å². The van der Waals surface area contributed by atoms with Gasteiger partial charge in [-0.05, 0) is 30.7 Å². The molecule has 0 amide bonds. The smallest absolute Gasteiger partial charge is 0.153 e. The van der Waals surface area contributed by atoms with E-state index in [1.807, 2.05) is 31.2 Å². The SMILES string of the molecule is C=C(N)c1oc(-c2ccccn2)cc1C. The molecule has 0 bridgehead atoms. The van der Waals surface area contributed by atoms with Gasteiger partial charge >= 0.3 is 0 Å². The Labute approximate surface area is 88.2 Å². The van der Waals surface area contributed by atoms with E-state index in [2.05, 4.69) is 11.6 Å². The van der Waals surface area contributed by atoms with Gasteiger partial charge in [-0.2, -0.15) is 0 Å². The number of hydrogen-bond acceptors (Lipinski definition) is 3. The molecule has 0 unspecified atom stereocenters. The van der Waals surface area contributed by atoms with Crippen LogP contribution in [0.25, 0.3) is 17.2 Å². The summed E-state index contributed by atoms with van der Waals surface area (Å²) in [5.74, 6) is 1.35. The van der Waals surface area contributed by atoms with E-state index >= 15 is 0 Å². The van der Waals surface area contributed by atoms with Crippen LogP contribution < -0.4 is 5.73 Å². The highest BCUT2D eigenvalue weighted by molar-refractivity contribution is 5.63. The number of nitrogens with zero attached hydrogens (tertiary/aromatic N) is 1. The molecule has 0 radical (unpaired) electrons. The Morgan fingerprint density at radius 1 is 1.47 bits per heavy atom. The van der Waals surface area contributed by atoms with Gasteiger partial charge in [0.1, 0.15) is 5.69 Å². The average molecular weight is 200 g/mol. The van der Waals surface area contributed by atoms with Crippen LogP contribution in [0.5, 0.6) is 0 Å². The topological polar surface area (TPSA) is 52.0 Å². The predicted molar refractivity (Wildman–Crippen MR) is 59.9 cm³/mol. The van der Waals surface area contributed by atoms with Crippen LogP contribution >= 0.6 is 0 Å². The molecule has 3 heteroatoms. The summed E-state index contributed by atoms with van der Waals surface area (Å²) in [5, 5.41) is 0. The van der Waals surface area contributed by atoms with E-state index in [9.17, 15) is 0 Å². The first-order chi connectivity index (χ1) is 7.18. The number of aryl methyl sites for hydroxylation is 1. The van der Waals surface area contributed by atoms with Crippen molar-refractivity contribution >= 4 is 5.70 Å². The van der Waals surface area contributed by atoms with Gasteiger partial charge in [0.05, 0.1) is 5.70 Å². The normalized spacial score (nSPS) is 10.2. The predicted octanol–water partition coefficient (Wildman–Crippen LogP) is 2.58. The van der Waals surface area contributed by atoms with Crippen LogP contribution in [0.3, 0.4) is 0 Å². The fourth-order valence-corrected chi connectivity index (χ4v) is 1.44. The molecule has 0 aliphatic rings. The second kappa shape index (κ2) is 3.61. The van der Waals surface area contributed by atoms with Crippen molar-refractivity contribution in [3.8, 4) is 11.5 Å². The summed E-state index contributed by atoms with van der Waals surface area (Å²) in [4.78, 5) is 4.20. The zero-order chi connectivity index (χ0) is 10.8. The lowest BCUT2D eigenvalue weighted by molar-refractivity contribution is 0.562. The van der Waals surface area contributed by atoms with Crippen molar-refractivity contribution in [2.24, 2.45) is 5.73 Å². The Bertz CT molecular complexity index is 486. The lowest BCUT2D eigenvalue weighted by atomic mass is 10.2. The van der Waals surface area contributed by atoms with Crippen LogP contribution in [0, 0.1) is 6.92 Å². The van der Waals surface area contributed by atoms with Crippen molar-refractivity contribution in [3.05, 3.63) is 48.4 Å². The summed E-state index contributed by atoms with van der Waals surface area (Å²) >= 11 is 0. The van der Waals surface area contributed by atoms with Gasteiger partial charge in [-0.15, -0.1) is 0 Å². The van der Waals surface area contributed by atoms with Gasteiger partial charge in [0.25, 0.3) is 0 Å². The molecule has 2 heterocycles. The molecule has 0 fully saturated rings. The van der Waals surface area contributed by atoms with E-state index < -0.39 is 0 Å². The van der Waals surface area contributed by atoms with Crippen molar-refractivity contribution < 1.29 is 4.42 Å². The molecule has 2 aromatic heterocycles. The summed E-state index contributed by atoms with van der Waals surface area (Å²) in [5.41, 5.74) is 7.81. The zero-order valence-corrected chi connectivity index (χ0v) is 8.53. The van der Waals surface area contributed by atoms with Crippen LogP contribution in [-0.4, -0.2) is 4.98 Å². The Kier molecular flexibility index (Phi) is 2.29. The van der Waals surface area contributed by atoms with Gasteiger partial charge in [-0.3, -0.25) is 4.98 Å². The quantitative estimate of drug-likeness (QED) is 0.810. The highest BCUT2D eigenvalue weighted by atomic mass is 16.3. The molecule has 0 aliphatic heterocycles. The minimum absolute atomic E-state index is 0.440. The summed E-state index contributed by atoms with van der Waals surface area (Å²) in [6.45, 7) is 5.59. The van der Waals surface area contributed by atoms with Crippen LogP contribution in [0.15, 0.2) is 41.5 Å². The molecule has 2 aromatic rings. The Balaban J connectivity index is 2.48. The molecule has 0 aliphatic carbocycles. The number of furan rings is 1. The Morgan fingerprint density at radius 2 is 2.27 bits per heavy atom. The van der Waals surface area contributed by atoms with Crippen LogP contribution in [-0.2, 0) is 0 Å². The second-order valence-corrected chi connectivity index (χ2v) is 3.36. The highest BCUT2D eigenvalue weighted by Crippen LogP contribution is 2.25. The van der Waals surface area contributed by atoms with E-state index in [-0.39, 0.29) is 0 Å². The average Bonchev–Trinajstić information content (AvgIpc) is 2.62. The van der Waals surface area contributed by atoms with Gasteiger partial charge in [0.15, 0.2) is 11.5 Å². The zero-order valence-electron chi connectivity index (χ0n) is 8.53. The molecule has 0 atom stereocenters. The van der Waals surface area contributed by atoms with Crippen molar-refractivity contribution in [3.63, 3.8) is 0 Å². The third-order valence-corrected chi connectivity index (χ3v) is 2.13. The summed E-state index contributed by atoms with van der Waals surface area (Å²) in [6, 6.07) is 7.58. The third kappa shape index (κ3) is 1.76. The minimum Gasteiger partial charge on any atom is -0.453 e. The van der Waals surface area contributed by atoms with Crippen LogP contribution in [0.1, 0.15) is 11.3 Å². The highest BCUT2D eigenvalue weighted by Gasteiger charge is 2.10. The van der Waals surface area contributed by atoms with Crippen LogP contribution in [0.2, 0.25) is 0 Å². The van der Waals surface area contributed by atoms with Gasteiger partial charge in [-0.25, -0.2) is 0 Å². The molecule has 15 heavy (non-hydrogen) atoms. The lowest BCUT2D eigenvalue weighted by Gasteiger charge is -1.95. The molecule has 0 saturated heterocycles. The number of aromatic nitrogens is 1. The minimum atomic E-state index is 0.440. The number of pyridine rings is 1. The van der Waals surface area contributed by atoms with Crippen molar-refractivity contribution in [1.29, 1.82) is 0 Å². The van der Waals surface area contributed by atoms with E-state index in [0.29, 0.717) is 11.5 Å². The monoisotopic (exact) mass is 200 g/mol. The third-order valence-electron chi connectivity index (χ3n) is 2.13. The summed E-state index contributed by atoms with van der Waals surface area (Å²) < 4.78 is 5.57. The summed E-state index contributed by atoms with van der Waals surface area (Å²) in [6.07, 6.45) is 1.73. The molecule has 0 spiro atoms. The maximum absolute atomic E-state index is 5.60. The molecule has 2 rings (SSSR count). The Hall–Kier alpha value is -2.03. The van der Waals surface area contributed by atoms with Gasteiger partial charge in [-0.1, -0.05) is 12.6 Å². The molecule has 0 aromatic carbocycles. The van der Waals surface area contributed by atoms with Crippen molar-refractivity contribution in [2.45, 2.75) is 6.92 Å². The lowest BCUT2D eigenvalue weighted by Crippen LogP contribution is -1.92. The van der Waals surface area contributed by atoms with Crippen molar-refractivity contribution in [1.82, 2.24) is 4.98 Å². The first-order valence-corrected chi connectivity index (χ1v) is 4.65. The molecule has 2 N–H and O–H groups in total. The van der Waals surface area contributed by atoms with E-state index in [1.165, 1.54) is 0 Å². The number of hydrogen-bond donors (Lipinski definition) is 1. The molecule has 3 nitrogen and oxygen atoms in total.